The van der Waals surface area contributed by atoms with Crippen LogP contribution in [0.5, 0.6) is 0 Å². The Morgan fingerprint density at radius 3 is 2.19 bits per heavy atom. The first-order chi connectivity index (χ1) is 13.0. The predicted molar refractivity (Wildman–Crippen MR) is 106 cm³/mol. The minimum atomic E-state index is -0.193. The van der Waals surface area contributed by atoms with E-state index >= 15 is 0 Å². The van der Waals surface area contributed by atoms with Crippen molar-refractivity contribution in [3.05, 3.63) is 41.6 Å². The third-order valence-electron chi connectivity index (χ3n) is 7.49. The highest BCUT2D eigenvalue weighted by atomic mass is 16.5. The third kappa shape index (κ3) is 2.98. The fourth-order valence-corrected chi connectivity index (χ4v) is 6.62. The zero-order chi connectivity index (χ0) is 18.6. The topological polar surface area (TPSA) is 32.8 Å². The number of rotatable bonds is 3. The largest absolute Gasteiger partial charge is 0.466 e. The number of carbonyl (C=O) groups excluding carboxylic acids is 1. The molecule has 0 N–H and O–H groups in total. The Kier molecular flexibility index (Phi) is 4.08. The minimum Gasteiger partial charge on any atom is -0.466 e. The molecule has 0 atom stereocenters. The second-order valence-electron chi connectivity index (χ2n) is 9.43. The van der Waals surface area contributed by atoms with Gasteiger partial charge in [0.2, 0.25) is 0 Å². The number of benzene rings is 1. The van der Waals surface area contributed by atoms with E-state index in [0.717, 1.165) is 42.2 Å². The van der Waals surface area contributed by atoms with Crippen molar-refractivity contribution in [2.45, 2.75) is 51.0 Å². The van der Waals surface area contributed by atoms with Crippen LogP contribution in [0, 0.1) is 24.7 Å². The van der Waals surface area contributed by atoms with Gasteiger partial charge in [-0.3, -0.25) is 4.90 Å². The molecule has 1 aromatic carbocycles. The molecule has 0 saturated heterocycles. The first kappa shape index (κ1) is 17.3. The molecule has 27 heavy (non-hydrogen) atoms. The lowest BCUT2D eigenvalue weighted by molar-refractivity contribution is -0.137. The molecular weight excluding hydrogens is 336 g/mol. The highest BCUT2D eigenvalue weighted by Gasteiger charge is 2.54. The zero-order valence-corrected chi connectivity index (χ0v) is 16.5. The van der Waals surface area contributed by atoms with E-state index in [9.17, 15) is 4.79 Å². The molecule has 4 nitrogen and oxygen atoms in total. The van der Waals surface area contributed by atoms with Gasteiger partial charge in [0.15, 0.2) is 0 Å². The van der Waals surface area contributed by atoms with Crippen LogP contribution in [0.4, 0.5) is 5.69 Å². The van der Waals surface area contributed by atoms with E-state index in [4.69, 9.17) is 4.74 Å². The van der Waals surface area contributed by atoms with Crippen molar-refractivity contribution in [3.63, 3.8) is 0 Å². The summed E-state index contributed by atoms with van der Waals surface area (Å²) in [6.45, 7) is 3.70. The molecule has 1 aliphatic heterocycles. The number of ether oxygens (including phenoxy) is 1. The van der Waals surface area contributed by atoms with E-state index < -0.39 is 0 Å². The Labute approximate surface area is 162 Å². The molecular formula is C23H30N2O2. The smallest absolute Gasteiger partial charge is 0.336 e. The Balaban J connectivity index is 1.47. The van der Waals surface area contributed by atoms with Crippen molar-refractivity contribution in [1.29, 1.82) is 0 Å². The van der Waals surface area contributed by atoms with Gasteiger partial charge in [0.05, 0.1) is 19.4 Å². The summed E-state index contributed by atoms with van der Waals surface area (Å²) < 4.78 is 5.10. The molecule has 0 amide bonds. The van der Waals surface area contributed by atoms with E-state index in [1.807, 2.05) is 6.20 Å². The van der Waals surface area contributed by atoms with Crippen LogP contribution in [0.3, 0.4) is 0 Å². The maximum absolute atomic E-state index is 12.4. The molecule has 0 spiro atoms. The quantitative estimate of drug-likeness (QED) is 0.754. The number of aryl methyl sites for hydroxylation is 1. The molecule has 0 radical (unpaired) electrons. The van der Waals surface area contributed by atoms with Crippen molar-refractivity contribution >= 4 is 11.7 Å². The lowest BCUT2D eigenvalue weighted by Crippen LogP contribution is -2.63. The number of carbonyl (C=O) groups is 1. The summed E-state index contributed by atoms with van der Waals surface area (Å²) in [5, 5.41) is 0. The summed E-state index contributed by atoms with van der Waals surface area (Å²) in [5.41, 5.74) is 3.47. The molecule has 1 aromatic rings. The molecule has 1 heterocycles. The number of hydrogen-bond acceptors (Lipinski definition) is 4. The fourth-order valence-electron chi connectivity index (χ4n) is 6.62. The maximum atomic E-state index is 12.4. The van der Waals surface area contributed by atoms with Crippen LogP contribution in [0.1, 0.15) is 44.1 Å². The Morgan fingerprint density at radius 1 is 1.04 bits per heavy atom. The molecule has 0 aromatic heterocycles. The average Bonchev–Trinajstić information content (AvgIpc) is 2.66. The van der Waals surface area contributed by atoms with Gasteiger partial charge < -0.3 is 9.64 Å². The molecule has 144 valence electrons. The van der Waals surface area contributed by atoms with Crippen LogP contribution in [-0.2, 0) is 9.53 Å². The Morgan fingerprint density at radius 2 is 1.63 bits per heavy atom. The molecule has 4 heteroatoms. The van der Waals surface area contributed by atoms with Crippen molar-refractivity contribution in [1.82, 2.24) is 4.90 Å². The van der Waals surface area contributed by atoms with Gasteiger partial charge >= 0.3 is 5.97 Å². The number of anilines is 1. The summed E-state index contributed by atoms with van der Waals surface area (Å²) in [6, 6.07) is 8.60. The molecule has 4 bridgehead atoms. The van der Waals surface area contributed by atoms with Crippen molar-refractivity contribution in [2.24, 2.45) is 17.8 Å². The van der Waals surface area contributed by atoms with E-state index in [1.165, 1.54) is 51.2 Å². The van der Waals surface area contributed by atoms with Gasteiger partial charge in [0.1, 0.15) is 0 Å². The predicted octanol–water partition coefficient (Wildman–Crippen LogP) is 4.10. The number of nitrogens with zero attached hydrogens (tertiary/aromatic N) is 2. The van der Waals surface area contributed by atoms with Crippen molar-refractivity contribution in [3.8, 4) is 0 Å². The van der Waals surface area contributed by atoms with Crippen LogP contribution in [-0.4, -0.2) is 36.7 Å². The lowest BCUT2D eigenvalue weighted by Gasteiger charge is -2.61. The summed E-state index contributed by atoms with van der Waals surface area (Å²) in [6.07, 6.45) is 10.3. The van der Waals surface area contributed by atoms with Gasteiger partial charge in [-0.2, -0.15) is 0 Å². The first-order valence-electron chi connectivity index (χ1n) is 10.4. The SMILES string of the molecule is COC(=O)C1=CN(c2ccc(C)cc2)CN(C23CC4CC(CC(C4)C2)C3)C1. The second kappa shape index (κ2) is 6.37. The minimum absolute atomic E-state index is 0.193. The summed E-state index contributed by atoms with van der Waals surface area (Å²) >= 11 is 0. The fraction of sp³-hybridized carbons (Fsp3) is 0.609. The zero-order valence-electron chi connectivity index (χ0n) is 16.5. The molecule has 4 aliphatic carbocycles. The van der Waals surface area contributed by atoms with E-state index in [1.54, 1.807) is 0 Å². The van der Waals surface area contributed by atoms with E-state index in [0.29, 0.717) is 0 Å². The van der Waals surface area contributed by atoms with Crippen molar-refractivity contribution < 1.29 is 9.53 Å². The van der Waals surface area contributed by atoms with E-state index in [-0.39, 0.29) is 11.5 Å². The van der Waals surface area contributed by atoms with Crippen LogP contribution in [0.2, 0.25) is 0 Å². The maximum Gasteiger partial charge on any atom is 0.336 e. The normalized spacial score (nSPS) is 35.3. The van der Waals surface area contributed by atoms with E-state index in [2.05, 4.69) is 41.0 Å². The molecule has 4 saturated carbocycles. The first-order valence-corrected chi connectivity index (χ1v) is 10.4. The van der Waals surface area contributed by atoms with Crippen molar-refractivity contribution in [2.75, 3.05) is 25.2 Å². The summed E-state index contributed by atoms with van der Waals surface area (Å²) in [7, 11) is 1.49. The summed E-state index contributed by atoms with van der Waals surface area (Å²) in [4.78, 5) is 17.3. The Bertz CT molecular complexity index is 732. The van der Waals surface area contributed by atoms with Gasteiger partial charge in [-0.05, 0) is 75.3 Å². The number of hydrogen-bond donors (Lipinski definition) is 0. The highest BCUT2D eigenvalue weighted by Crippen LogP contribution is 2.58. The third-order valence-corrected chi connectivity index (χ3v) is 7.49. The van der Waals surface area contributed by atoms with Crippen LogP contribution < -0.4 is 4.90 Å². The molecule has 6 rings (SSSR count). The van der Waals surface area contributed by atoms with Gasteiger partial charge in [-0.1, -0.05) is 17.7 Å². The number of esters is 1. The Hall–Kier alpha value is -1.81. The van der Waals surface area contributed by atoms with Gasteiger partial charge in [-0.15, -0.1) is 0 Å². The average molecular weight is 367 g/mol. The van der Waals surface area contributed by atoms with Gasteiger partial charge in [0, 0.05) is 24.0 Å². The molecule has 4 fully saturated rings. The van der Waals surface area contributed by atoms with Crippen LogP contribution >= 0.6 is 0 Å². The monoisotopic (exact) mass is 366 g/mol. The summed E-state index contributed by atoms with van der Waals surface area (Å²) in [5.74, 6) is 2.51. The highest BCUT2D eigenvalue weighted by molar-refractivity contribution is 5.89. The van der Waals surface area contributed by atoms with Crippen LogP contribution in [0.15, 0.2) is 36.0 Å². The standard InChI is InChI=1S/C23H30N2O2/c1-16-3-5-21(6-4-16)24-13-20(22(26)27-2)14-25(15-24)23-10-17-7-18(11-23)9-19(8-17)12-23/h3-6,13,17-19H,7-12,14-15H2,1-2H3. The van der Waals surface area contributed by atoms with Crippen LogP contribution in [0.25, 0.3) is 0 Å². The molecule has 0 unspecified atom stereocenters. The van der Waals surface area contributed by atoms with Gasteiger partial charge in [-0.25, -0.2) is 4.79 Å². The molecule has 5 aliphatic rings. The number of methoxy groups -OCH3 is 1. The second-order valence-corrected chi connectivity index (χ2v) is 9.43. The lowest BCUT2D eigenvalue weighted by atomic mass is 9.52. The van der Waals surface area contributed by atoms with Gasteiger partial charge in [0.25, 0.3) is 0 Å².